The van der Waals surface area contributed by atoms with Crippen molar-refractivity contribution >= 4 is 78.5 Å². The zero-order valence-electron chi connectivity index (χ0n) is 56.6. The second-order valence-electron chi connectivity index (χ2n) is 28.3. The number of fused-ring (bicyclic) bond motifs is 8. The fourth-order valence-electron chi connectivity index (χ4n) is 18.3. The Bertz CT molecular complexity index is 6020. The molecule has 0 bridgehead atoms. The molecule has 18 aromatic carbocycles. The first-order valence-corrected chi connectivity index (χ1v) is 36.2. The lowest BCUT2D eigenvalue weighted by molar-refractivity contribution is 0.487. The largest absolute Gasteiger partial charge is 0.458 e. The van der Waals surface area contributed by atoms with E-state index in [1.165, 1.54) is 87.5 Å². The lowest BCUT2D eigenvalue weighted by Crippen LogP contribution is -2.58. The summed E-state index contributed by atoms with van der Waals surface area (Å²) in [6, 6.07) is 136. The van der Waals surface area contributed by atoms with Crippen molar-refractivity contribution in [1.82, 2.24) is 0 Å². The molecule has 0 spiro atoms. The standard InChI is InChI=1S/C100H60B2O2/c1-9-29-61(30-10-1)69-49-73(65-37-17-5-18-38-65)93(74(50-69)66-39-19-6-20-40-66)77-57-79-83-53-71(63-33-13-3-14-34-63)55-91-99(83)102(86-46-26-28-48-90(86)103-91)88-60-82-78(94-75(67-41-21-7-22-42-67)51-70(62-31-11-2-12-32-62)52-76(94)68-43-23-8-24-44-68)58-80-84-54-72(64-35-15-4-16-36-64)56-92-100(84)101(85-45-25-27-47-89(85)104-92)87-59-81(77)97(95(79)88)98(82)96(80)87/h1-60H. The van der Waals surface area contributed by atoms with Crippen molar-refractivity contribution in [2.75, 3.05) is 0 Å². The zero-order valence-corrected chi connectivity index (χ0v) is 56.6. The molecule has 0 saturated heterocycles. The molecule has 0 radical (unpaired) electrons. The van der Waals surface area contributed by atoms with Crippen molar-refractivity contribution in [1.29, 1.82) is 0 Å². The van der Waals surface area contributed by atoms with Crippen LogP contribution < -0.4 is 42.3 Å². The first-order chi connectivity index (χ1) is 51.6. The van der Waals surface area contributed by atoms with Crippen LogP contribution in [0.5, 0.6) is 23.0 Å². The third-order valence-electron chi connectivity index (χ3n) is 22.7. The van der Waals surface area contributed by atoms with Crippen LogP contribution in [0.4, 0.5) is 0 Å². The van der Waals surface area contributed by atoms with Gasteiger partial charge in [0, 0.05) is 0 Å². The fraction of sp³-hybridized carbons (Fsp3) is 0. The maximum atomic E-state index is 7.41. The maximum Gasteiger partial charge on any atom is 0.252 e. The lowest BCUT2D eigenvalue weighted by Gasteiger charge is -2.38. The van der Waals surface area contributed by atoms with Gasteiger partial charge in [-0.25, -0.2) is 0 Å². The highest BCUT2D eigenvalue weighted by Crippen LogP contribution is 2.56. The molecule has 4 aliphatic rings. The molecular formula is C100H60B2O2. The molecule has 0 atom stereocenters. The molecule has 4 heterocycles. The third kappa shape index (κ3) is 8.92. The average molecular weight is 1320 g/mol. The number of para-hydroxylation sites is 2. The highest BCUT2D eigenvalue weighted by Gasteiger charge is 2.45. The molecule has 0 aliphatic carbocycles. The van der Waals surface area contributed by atoms with E-state index < -0.39 is 0 Å². The Morgan fingerprint density at radius 3 is 0.731 bits per heavy atom. The Balaban J connectivity index is 1.00. The molecule has 4 aliphatic heterocycles. The first kappa shape index (κ1) is 58.5. The van der Waals surface area contributed by atoms with E-state index in [0.717, 1.165) is 134 Å². The van der Waals surface area contributed by atoms with Crippen molar-refractivity contribution in [3.8, 4) is 157 Å². The molecule has 0 N–H and O–H groups in total. The minimum Gasteiger partial charge on any atom is -0.458 e. The van der Waals surface area contributed by atoms with E-state index in [1.54, 1.807) is 0 Å². The van der Waals surface area contributed by atoms with Crippen LogP contribution in [0.25, 0.3) is 166 Å². The molecular weight excluding hydrogens is 1250 g/mol. The minimum atomic E-state index is -0.203. The summed E-state index contributed by atoms with van der Waals surface area (Å²) in [6.45, 7) is -0.405. The molecule has 4 heteroatoms. The summed E-state index contributed by atoms with van der Waals surface area (Å²) in [5.41, 5.74) is 34.9. The summed E-state index contributed by atoms with van der Waals surface area (Å²) in [4.78, 5) is 0. The van der Waals surface area contributed by atoms with Crippen molar-refractivity contribution < 1.29 is 9.47 Å². The summed E-state index contributed by atoms with van der Waals surface area (Å²) >= 11 is 0. The Labute approximate surface area is 604 Å². The summed E-state index contributed by atoms with van der Waals surface area (Å²) in [5, 5.41) is 7.44. The fourth-order valence-corrected chi connectivity index (χ4v) is 18.3. The van der Waals surface area contributed by atoms with Crippen molar-refractivity contribution in [2.24, 2.45) is 0 Å². The third-order valence-corrected chi connectivity index (χ3v) is 22.7. The number of hydrogen-bond donors (Lipinski definition) is 0. The van der Waals surface area contributed by atoms with E-state index in [1.807, 2.05) is 0 Å². The molecule has 0 amide bonds. The lowest BCUT2D eigenvalue weighted by atomic mass is 9.31. The number of ether oxygens (including phenoxy) is 2. The van der Waals surface area contributed by atoms with Gasteiger partial charge in [-0.1, -0.05) is 302 Å². The monoisotopic (exact) mass is 1310 g/mol. The molecule has 22 rings (SSSR count). The summed E-state index contributed by atoms with van der Waals surface area (Å²) in [5.74, 6) is 3.51. The van der Waals surface area contributed by atoms with Crippen molar-refractivity contribution in [3.63, 3.8) is 0 Å². The van der Waals surface area contributed by atoms with Gasteiger partial charge in [0.25, 0.3) is 13.4 Å². The zero-order chi connectivity index (χ0) is 68.1. The Morgan fingerprint density at radius 2 is 0.423 bits per heavy atom. The predicted molar refractivity (Wildman–Crippen MR) is 438 cm³/mol. The Kier molecular flexibility index (Phi) is 13.0. The van der Waals surface area contributed by atoms with Gasteiger partial charge in [-0.15, -0.1) is 0 Å². The van der Waals surface area contributed by atoms with Crippen LogP contribution in [0.15, 0.2) is 364 Å². The average Bonchev–Trinajstić information content (AvgIpc) is 0.665. The Hall–Kier alpha value is -13.3. The van der Waals surface area contributed by atoms with E-state index in [-0.39, 0.29) is 13.4 Å². The van der Waals surface area contributed by atoms with E-state index in [2.05, 4.69) is 364 Å². The second-order valence-corrected chi connectivity index (χ2v) is 28.3. The summed E-state index contributed by atoms with van der Waals surface area (Å²) < 4.78 is 14.8. The molecule has 2 nitrogen and oxygen atoms in total. The van der Waals surface area contributed by atoms with E-state index in [9.17, 15) is 0 Å². The minimum absolute atomic E-state index is 0.203. The van der Waals surface area contributed by atoms with Crippen LogP contribution in [0.1, 0.15) is 0 Å². The molecule has 0 aromatic heterocycles. The smallest absolute Gasteiger partial charge is 0.252 e. The quantitative estimate of drug-likeness (QED) is 0.100. The molecule has 0 fully saturated rings. The van der Waals surface area contributed by atoms with Gasteiger partial charge in [-0.2, -0.15) is 0 Å². The van der Waals surface area contributed by atoms with Gasteiger partial charge in [0.15, 0.2) is 0 Å². The van der Waals surface area contributed by atoms with Crippen molar-refractivity contribution in [2.45, 2.75) is 0 Å². The predicted octanol–water partition coefficient (Wildman–Crippen LogP) is 22.5. The van der Waals surface area contributed by atoms with E-state index in [4.69, 9.17) is 9.47 Å². The van der Waals surface area contributed by atoms with E-state index >= 15 is 0 Å². The summed E-state index contributed by atoms with van der Waals surface area (Å²) in [7, 11) is 0. The van der Waals surface area contributed by atoms with Crippen molar-refractivity contribution in [3.05, 3.63) is 364 Å². The topological polar surface area (TPSA) is 18.5 Å². The van der Waals surface area contributed by atoms with E-state index in [0.29, 0.717) is 0 Å². The second kappa shape index (κ2) is 23.1. The molecule has 18 aromatic rings. The van der Waals surface area contributed by atoms with Gasteiger partial charge in [-0.3, -0.25) is 0 Å². The van der Waals surface area contributed by atoms with Gasteiger partial charge in [0.05, 0.1) is 0 Å². The van der Waals surface area contributed by atoms with Crippen LogP contribution >= 0.6 is 0 Å². The number of benzene rings is 18. The number of rotatable bonds is 10. The molecule has 0 unspecified atom stereocenters. The highest BCUT2D eigenvalue weighted by molar-refractivity contribution is 7.01. The van der Waals surface area contributed by atoms with Crippen LogP contribution in [0.2, 0.25) is 0 Å². The van der Waals surface area contributed by atoms with Gasteiger partial charge < -0.3 is 9.47 Å². The highest BCUT2D eigenvalue weighted by atomic mass is 16.5. The van der Waals surface area contributed by atoms with Crippen LogP contribution in [-0.4, -0.2) is 13.4 Å². The van der Waals surface area contributed by atoms with Crippen LogP contribution in [0.3, 0.4) is 0 Å². The van der Waals surface area contributed by atoms with Gasteiger partial charge in [-0.05, 0) is 260 Å². The molecule has 104 heavy (non-hydrogen) atoms. The number of hydrogen-bond acceptors (Lipinski definition) is 2. The molecule has 0 saturated carbocycles. The SMILES string of the molecule is c1ccc(-c2cc3c4c(c2)-c2cc(-c5c(-c6ccccc6)cc(-c6ccccc6)cc5-c5ccccc5)c5cc6c7c(cc(-c8c(-c9ccccc9)cc(-c9ccccc9)cc8-c8ccccc8)c8cc(c2c5c87)B4c2ccccc2O3)-c2cc(-c3ccccc3)cc3c2B6c2ccccc2O3)cc1. The molecule has 478 valence electrons. The summed E-state index contributed by atoms with van der Waals surface area (Å²) in [6.07, 6.45) is 0. The van der Waals surface area contributed by atoms with Gasteiger partial charge in [0.2, 0.25) is 0 Å². The van der Waals surface area contributed by atoms with Gasteiger partial charge in [0.1, 0.15) is 23.0 Å². The van der Waals surface area contributed by atoms with Crippen LogP contribution in [-0.2, 0) is 0 Å². The van der Waals surface area contributed by atoms with Crippen LogP contribution in [0, 0.1) is 0 Å². The normalized spacial score (nSPS) is 12.5. The first-order valence-electron chi connectivity index (χ1n) is 36.2. The maximum absolute atomic E-state index is 7.41. The Morgan fingerprint density at radius 1 is 0.163 bits per heavy atom. The van der Waals surface area contributed by atoms with Gasteiger partial charge >= 0.3 is 0 Å².